The van der Waals surface area contributed by atoms with Gasteiger partial charge in [0.15, 0.2) is 0 Å². The normalized spacial score (nSPS) is 10.2. The summed E-state index contributed by atoms with van der Waals surface area (Å²) in [5.41, 5.74) is 3.49. The summed E-state index contributed by atoms with van der Waals surface area (Å²) >= 11 is 6.07. The third kappa shape index (κ3) is 2.39. The summed E-state index contributed by atoms with van der Waals surface area (Å²) in [6.07, 6.45) is 0.832. The SMILES string of the molecule is COc1cc(Cl)c(C)cc1-c1cccc(C=O)c1. The molecule has 0 aliphatic carbocycles. The lowest BCUT2D eigenvalue weighted by Crippen LogP contribution is -1.91. The van der Waals surface area contributed by atoms with E-state index < -0.39 is 0 Å². The lowest BCUT2D eigenvalue weighted by atomic mass is 10.0. The van der Waals surface area contributed by atoms with Crippen LogP contribution in [-0.4, -0.2) is 13.4 Å². The third-order valence-electron chi connectivity index (χ3n) is 2.81. The molecule has 92 valence electrons. The van der Waals surface area contributed by atoms with Crippen LogP contribution in [-0.2, 0) is 0 Å². The topological polar surface area (TPSA) is 26.3 Å². The summed E-state index contributed by atoms with van der Waals surface area (Å²) in [5, 5.41) is 0.669. The number of halogens is 1. The van der Waals surface area contributed by atoms with E-state index in [1.54, 1.807) is 19.2 Å². The Morgan fingerprint density at radius 1 is 1.22 bits per heavy atom. The monoisotopic (exact) mass is 260 g/mol. The van der Waals surface area contributed by atoms with Gasteiger partial charge in [-0.05, 0) is 36.2 Å². The molecule has 0 atom stereocenters. The first-order valence-corrected chi connectivity index (χ1v) is 5.93. The molecule has 2 nitrogen and oxygen atoms in total. The fraction of sp³-hybridized carbons (Fsp3) is 0.133. The first-order valence-electron chi connectivity index (χ1n) is 5.55. The quantitative estimate of drug-likeness (QED) is 0.776. The van der Waals surface area contributed by atoms with E-state index in [9.17, 15) is 4.79 Å². The Hall–Kier alpha value is -1.80. The number of aldehydes is 1. The number of hydrogen-bond acceptors (Lipinski definition) is 2. The van der Waals surface area contributed by atoms with Crippen LogP contribution in [0.4, 0.5) is 0 Å². The number of hydrogen-bond donors (Lipinski definition) is 0. The molecule has 0 aliphatic rings. The van der Waals surface area contributed by atoms with E-state index in [-0.39, 0.29) is 0 Å². The average molecular weight is 261 g/mol. The summed E-state index contributed by atoms with van der Waals surface area (Å²) in [6, 6.07) is 11.1. The van der Waals surface area contributed by atoms with E-state index in [0.29, 0.717) is 16.3 Å². The van der Waals surface area contributed by atoms with Gasteiger partial charge in [-0.1, -0.05) is 29.8 Å². The predicted molar refractivity (Wildman–Crippen MR) is 73.6 cm³/mol. The smallest absolute Gasteiger partial charge is 0.150 e. The Kier molecular flexibility index (Phi) is 3.68. The van der Waals surface area contributed by atoms with Crippen molar-refractivity contribution in [2.45, 2.75) is 6.92 Å². The van der Waals surface area contributed by atoms with Crippen molar-refractivity contribution in [3.05, 3.63) is 52.5 Å². The molecular weight excluding hydrogens is 248 g/mol. The standard InChI is InChI=1S/C15H13ClO2/c1-10-6-13(15(18-2)8-14(10)16)12-5-3-4-11(7-12)9-17/h3-9H,1-2H3. The minimum atomic E-state index is 0.641. The van der Waals surface area contributed by atoms with Crippen LogP contribution < -0.4 is 4.74 Å². The van der Waals surface area contributed by atoms with E-state index in [2.05, 4.69) is 0 Å². The van der Waals surface area contributed by atoms with Gasteiger partial charge >= 0.3 is 0 Å². The van der Waals surface area contributed by atoms with Crippen LogP contribution in [0.1, 0.15) is 15.9 Å². The molecule has 18 heavy (non-hydrogen) atoms. The molecule has 0 aliphatic heterocycles. The van der Waals surface area contributed by atoms with E-state index in [4.69, 9.17) is 16.3 Å². The summed E-state index contributed by atoms with van der Waals surface area (Å²) in [6.45, 7) is 1.94. The molecule has 0 saturated heterocycles. The summed E-state index contributed by atoms with van der Waals surface area (Å²) in [4.78, 5) is 10.8. The Balaban J connectivity index is 2.61. The van der Waals surface area contributed by atoms with E-state index in [1.807, 2.05) is 31.2 Å². The third-order valence-corrected chi connectivity index (χ3v) is 3.22. The minimum Gasteiger partial charge on any atom is -0.496 e. The number of benzene rings is 2. The van der Waals surface area contributed by atoms with Gasteiger partial charge in [0.05, 0.1) is 7.11 Å². The lowest BCUT2D eigenvalue weighted by molar-refractivity contribution is 0.112. The van der Waals surface area contributed by atoms with Crippen LogP contribution in [0.15, 0.2) is 36.4 Å². The maximum atomic E-state index is 10.8. The zero-order valence-corrected chi connectivity index (χ0v) is 11.0. The van der Waals surface area contributed by atoms with E-state index >= 15 is 0 Å². The highest BCUT2D eigenvalue weighted by Crippen LogP contribution is 2.34. The number of carbonyl (C=O) groups is 1. The second-order valence-electron chi connectivity index (χ2n) is 4.04. The van der Waals surface area contributed by atoms with Crippen LogP contribution in [0, 0.1) is 6.92 Å². The van der Waals surface area contributed by atoms with Crippen molar-refractivity contribution in [3.63, 3.8) is 0 Å². The van der Waals surface area contributed by atoms with Gasteiger partial charge in [0.2, 0.25) is 0 Å². The zero-order valence-electron chi connectivity index (χ0n) is 10.2. The molecule has 3 heteroatoms. The molecule has 0 heterocycles. The predicted octanol–water partition coefficient (Wildman–Crippen LogP) is 4.14. The lowest BCUT2D eigenvalue weighted by Gasteiger charge is -2.11. The van der Waals surface area contributed by atoms with E-state index in [1.165, 1.54) is 0 Å². The summed E-state index contributed by atoms with van der Waals surface area (Å²) < 4.78 is 5.34. The number of methoxy groups -OCH3 is 1. The largest absolute Gasteiger partial charge is 0.496 e. The van der Waals surface area contributed by atoms with Gasteiger partial charge in [0.25, 0.3) is 0 Å². The summed E-state index contributed by atoms with van der Waals surface area (Å²) in [5.74, 6) is 0.702. The molecule has 0 spiro atoms. The number of carbonyl (C=O) groups excluding carboxylic acids is 1. The number of aryl methyl sites for hydroxylation is 1. The maximum absolute atomic E-state index is 10.8. The molecule has 0 bridgehead atoms. The number of rotatable bonds is 3. The second-order valence-corrected chi connectivity index (χ2v) is 4.45. The summed E-state index contributed by atoms with van der Waals surface area (Å²) in [7, 11) is 1.61. The fourth-order valence-corrected chi connectivity index (χ4v) is 1.99. The Bertz CT molecular complexity index is 591. The highest BCUT2D eigenvalue weighted by molar-refractivity contribution is 6.31. The van der Waals surface area contributed by atoms with Crippen molar-refractivity contribution in [1.29, 1.82) is 0 Å². The van der Waals surface area contributed by atoms with Crippen molar-refractivity contribution in [3.8, 4) is 16.9 Å². The van der Waals surface area contributed by atoms with Crippen molar-refractivity contribution in [2.24, 2.45) is 0 Å². The highest BCUT2D eigenvalue weighted by Gasteiger charge is 2.09. The van der Waals surface area contributed by atoms with Crippen molar-refractivity contribution >= 4 is 17.9 Å². The van der Waals surface area contributed by atoms with Gasteiger partial charge in [-0.3, -0.25) is 4.79 Å². The molecule has 0 radical (unpaired) electrons. The van der Waals surface area contributed by atoms with E-state index in [0.717, 1.165) is 23.0 Å². The highest BCUT2D eigenvalue weighted by atomic mass is 35.5. The molecule has 0 amide bonds. The molecule has 2 aromatic rings. The Labute approximate surface area is 111 Å². The molecule has 2 rings (SSSR count). The Morgan fingerprint density at radius 3 is 2.67 bits per heavy atom. The molecule has 0 saturated carbocycles. The van der Waals surface area contributed by atoms with Gasteiger partial charge in [-0.2, -0.15) is 0 Å². The average Bonchev–Trinajstić information content (AvgIpc) is 2.41. The first kappa shape index (κ1) is 12.7. The molecular formula is C15H13ClO2. The number of ether oxygens (including phenoxy) is 1. The molecule has 2 aromatic carbocycles. The van der Waals surface area contributed by atoms with Crippen molar-refractivity contribution in [1.82, 2.24) is 0 Å². The Morgan fingerprint density at radius 2 is 2.00 bits per heavy atom. The van der Waals surface area contributed by atoms with Crippen LogP contribution >= 0.6 is 11.6 Å². The zero-order chi connectivity index (χ0) is 13.1. The van der Waals surface area contributed by atoms with Gasteiger partial charge < -0.3 is 4.74 Å². The molecule has 0 aromatic heterocycles. The van der Waals surface area contributed by atoms with Gasteiger partial charge in [0, 0.05) is 16.1 Å². The van der Waals surface area contributed by atoms with Gasteiger partial charge in [-0.25, -0.2) is 0 Å². The molecule has 0 N–H and O–H groups in total. The van der Waals surface area contributed by atoms with Crippen LogP contribution in [0.25, 0.3) is 11.1 Å². The van der Waals surface area contributed by atoms with Gasteiger partial charge in [-0.15, -0.1) is 0 Å². The van der Waals surface area contributed by atoms with Crippen LogP contribution in [0.3, 0.4) is 0 Å². The molecule has 0 unspecified atom stereocenters. The molecule has 0 fully saturated rings. The second kappa shape index (κ2) is 5.23. The first-order chi connectivity index (χ1) is 8.65. The van der Waals surface area contributed by atoms with Crippen LogP contribution in [0.5, 0.6) is 5.75 Å². The van der Waals surface area contributed by atoms with Crippen molar-refractivity contribution in [2.75, 3.05) is 7.11 Å². The fourth-order valence-electron chi connectivity index (χ4n) is 1.84. The maximum Gasteiger partial charge on any atom is 0.150 e. The van der Waals surface area contributed by atoms with Gasteiger partial charge in [0.1, 0.15) is 12.0 Å². The van der Waals surface area contributed by atoms with Crippen LogP contribution in [0.2, 0.25) is 5.02 Å². The van der Waals surface area contributed by atoms with Crippen molar-refractivity contribution < 1.29 is 9.53 Å². The minimum absolute atomic E-state index is 0.641.